The molecule has 0 unspecified atom stereocenters. The maximum Gasteiger partial charge on any atom is 0.391 e. The van der Waals surface area contributed by atoms with E-state index in [0.29, 0.717) is 21.2 Å². The van der Waals surface area contributed by atoms with Crippen LogP contribution in [0.5, 0.6) is 0 Å². The first-order chi connectivity index (χ1) is 13.7. The molecule has 29 heavy (non-hydrogen) atoms. The predicted octanol–water partition coefficient (Wildman–Crippen LogP) is 4.95. The van der Waals surface area contributed by atoms with Crippen LogP contribution < -0.4 is 0 Å². The quantitative estimate of drug-likeness (QED) is 0.705. The molecule has 156 valence electrons. The molecule has 0 radical (unpaired) electrons. The maximum atomic E-state index is 13.1. The summed E-state index contributed by atoms with van der Waals surface area (Å²) in [7, 11) is 0. The van der Waals surface area contributed by atoms with Crippen molar-refractivity contribution in [3.05, 3.63) is 69.7 Å². The number of benzene rings is 2. The molecule has 1 aliphatic rings. The van der Waals surface area contributed by atoms with E-state index in [9.17, 15) is 23.1 Å². The molecular weight excluding hydrogens is 430 g/mol. The molecule has 3 atom stereocenters. The lowest BCUT2D eigenvalue weighted by Gasteiger charge is -2.45. The average molecular weight is 448 g/mol. The van der Waals surface area contributed by atoms with Crippen molar-refractivity contribution in [3.63, 3.8) is 0 Å². The Bertz CT molecular complexity index is 861. The fraction of sp³-hybridized carbons (Fsp3) is 0.350. The Morgan fingerprint density at radius 1 is 1.10 bits per heavy atom. The van der Waals surface area contributed by atoms with E-state index in [0.717, 1.165) is 4.90 Å². The van der Waals surface area contributed by atoms with Crippen molar-refractivity contribution in [2.24, 2.45) is 0 Å². The second-order valence-corrected chi connectivity index (χ2v) is 7.61. The van der Waals surface area contributed by atoms with Gasteiger partial charge in [-0.15, -0.1) is 0 Å². The summed E-state index contributed by atoms with van der Waals surface area (Å²) in [6.07, 6.45) is -6.65. The SMILES string of the molecule is O=C1CO[C@H](c2cccc(Cl)c2)[C@@H](c2ccc(Cl)cc2)N1[C@@H](CO)CC(F)(F)F. The maximum absolute atomic E-state index is 13.1. The van der Waals surface area contributed by atoms with Crippen molar-refractivity contribution >= 4 is 29.1 Å². The van der Waals surface area contributed by atoms with E-state index in [2.05, 4.69) is 0 Å². The highest BCUT2D eigenvalue weighted by atomic mass is 35.5. The fourth-order valence-corrected chi connectivity index (χ4v) is 3.86. The number of morpholine rings is 1. The van der Waals surface area contributed by atoms with Gasteiger partial charge in [-0.2, -0.15) is 13.2 Å². The van der Waals surface area contributed by atoms with Gasteiger partial charge in [-0.25, -0.2) is 0 Å². The molecule has 1 amide bonds. The summed E-state index contributed by atoms with van der Waals surface area (Å²) >= 11 is 12.0. The fourth-order valence-electron chi connectivity index (χ4n) is 3.53. The number of nitrogens with zero attached hydrogens (tertiary/aromatic N) is 1. The van der Waals surface area contributed by atoms with Gasteiger partial charge in [0.15, 0.2) is 0 Å². The summed E-state index contributed by atoms with van der Waals surface area (Å²) in [5.74, 6) is -0.633. The Morgan fingerprint density at radius 3 is 2.38 bits per heavy atom. The van der Waals surface area contributed by atoms with E-state index >= 15 is 0 Å². The summed E-state index contributed by atoms with van der Waals surface area (Å²) in [5, 5.41) is 10.6. The molecule has 4 nitrogen and oxygen atoms in total. The van der Waals surface area contributed by atoms with Crippen LogP contribution in [0.15, 0.2) is 48.5 Å². The summed E-state index contributed by atoms with van der Waals surface area (Å²) in [4.78, 5) is 13.7. The molecule has 0 spiro atoms. The first kappa shape index (κ1) is 21.9. The molecule has 1 aliphatic heterocycles. The molecule has 1 N–H and O–H groups in total. The van der Waals surface area contributed by atoms with Crippen LogP contribution in [0.4, 0.5) is 13.2 Å². The third-order valence-corrected chi connectivity index (χ3v) is 5.21. The van der Waals surface area contributed by atoms with Gasteiger partial charge in [0, 0.05) is 10.0 Å². The topological polar surface area (TPSA) is 49.8 Å². The number of alkyl halides is 3. The number of carbonyl (C=O) groups is 1. The Labute approximate surface area is 175 Å². The van der Waals surface area contributed by atoms with Gasteiger partial charge in [0.2, 0.25) is 5.91 Å². The molecule has 3 rings (SSSR count). The van der Waals surface area contributed by atoms with Crippen molar-refractivity contribution in [1.29, 1.82) is 0 Å². The number of aliphatic hydroxyl groups excluding tert-OH is 1. The van der Waals surface area contributed by atoms with E-state index in [1.165, 1.54) is 0 Å². The Balaban J connectivity index is 2.09. The minimum absolute atomic E-state index is 0.407. The second kappa shape index (κ2) is 8.92. The van der Waals surface area contributed by atoms with Crippen LogP contribution in [-0.4, -0.2) is 41.3 Å². The smallest absolute Gasteiger partial charge is 0.391 e. The highest BCUT2D eigenvalue weighted by molar-refractivity contribution is 6.30. The first-order valence-corrected chi connectivity index (χ1v) is 9.56. The van der Waals surface area contributed by atoms with Crippen molar-refractivity contribution < 1.29 is 27.8 Å². The van der Waals surface area contributed by atoms with Gasteiger partial charge >= 0.3 is 6.18 Å². The van der Waals surface area contributed by atoms with Gasteiger partial charge in [-0.3, -0.25) is 4.79 Å². The average Bonchev–Trinajstić information content (AvgIpc) is 2.66. The van der Waals surface area contributed by atoms with Crippen LogP contribution in [0.25, 0.3) is 0 Å². The predicted molar refractivity (Wildman–Crippen MR) is 103 cm³/mol. The molecule has 9 heteroatoms. The van der Waals surface area contributed by atoms with E-state index in [1.54, 1.807) is 48.5 Å². The van der Waals surface area contributed by atoms with Crippen molar-refractivity contribution in [1.82, 2.24) is 4.90 Å². The second-order valence-electron chi connectivity index (χ2n) is 6.74. The highest BCUT2D eigenvalue weighted by Gasteiger charge is 2.45. The number of amides is 1. The standard InChI is InChI=1S/C20H18Cl2F3NO3/c21-14-6-4-12(5-7-14)18-19(13-2-1-3-15(22)8-13)29-11-17(28)26(18)16(10-27)9-20(23,24)25/h1-8,16,18-19,27H,9-11H2/t16-,18-,19-/m1/s1. The van der Waals surface area contributed by atoms with Gasteiger partial charge in [0.1, 0.15) is 12.7 Å². The van der Waals surface area contributed by atoms with E-state index < -0.39 is 49.9 Å². The third kappa shape index (κ3) is 5.22. The van der Waals surface area contributed by atoms with Gasteiger partial charge < -0.3 is 14.7 Å². The molecular formula is C20H18Cl2F3NO3. The monoisotopic (exact) mass is 447 g/mol. The lowest BCUT2D eigenvalue weighted by Crippen LogP contribution is -2.53. The zero-order chi connectivity index (χ0) is 21.2. The number of rotatable bonds is 5. The third-order valence-electron chi connectivity index (χ3n) is 4.72. The number of hydrogen-bond donors (Lipinski definition) is 1. The van der Waals surface area contributed by atoms with Gasteiger partial charge in [-0.05, 0) is 35.4 Å². The molecule has 1 heterocycles. The number of ether oxygens (including phenoxy) is 1. The molecule has 0 aliphatic carbocycles. The Kier molecular flexibility index (Phi) is 6.73. The number of aliphatic hydroxyl groups is 1. The van der Waals surface area contributed by atoms with Crippen LogP contribution in [0.1, 0.15) is 29.7 Å². The lowest BCUT2D eigenvalue weighted by atomic mass is 9.91. The Hall–Kier alpha value is -1.80. The summed E-state index contributed by atoms with van der Waals surface area (Å²) < 4.78 is 45.1. The molecule has 0 bridgehead atoms. The van der Waals surface area contributed by atoms with E-state index in [4.69, 9.17) is 27.9 Å². The van der Waals surface area contributed by atoms with Crippen LogP contribution in [-0.2, 0) is 9.53 Å². The van der Waals surface area contributed by atoms with Gasteiger partial charge in [0.05, 0.1) is 25.1 Å². The van der Waals surface area contributed by atoms with Crippen molar-refractivity contribution in [2.45, 2.75) is 30.8 Å². The zero-order valence-electron chi connectivity index (χ0n) is 15.1. The summed E-state index contributed by atoms with van der Waals surface area (Å²) in [6, 6.07) is 10.8. The highest BCUT2D eigenvalue weighted by Crippen LogP contribution is 2.43. The zero-order valence-corrected chi connectivity index (χ0v) is 16.6. The minimum Gasteiger partial charge on any atom is -0.394 e. The first-order valence-electron chi connectivity index (χ1n) is 8.81. The molecule has 1 saturated heterocycles. The molecule has 0 aromatic heterocycles. The molecule has 2 aromatic carbocycles. The molecule has 1 fully saturated rings. The number of halogens is 5. The Morgan fingerprint density at radius 2 is 1.79 bits per heavy atom. The van der Waals surface area contributed by atoms with Crippen molar-refractivity contribution in [3.8, 4) is 0 Å². The summed E-state index contributed by atoms with van der Waals surface area (Å²) in [5.41, 5.74) is 1.15. The lowest BCUT2D eigenvalue weighted by molar-refractivity contribution is -0.181. The van der Waals surface area contributed by atoms with Gasteiger partial charge in [-0.1, -0.05) is 47.5 Å². The van der Waals surface area contributed by atoms with Crippen LogP contribution >= 0.6 is 23.2 Å². The van der Waals surface area contributed by atoms with Crippen molar-refractivity contribution in [2.75, 3.05) is 13.2 Å². The minimum atomic E-state index is -4.55. The van der Waals surface area contributed by atoms with E-state index in [-0.39, 0.29) is 0 Å². The summed E-state index contributed by atoms with van der Waals surface area (Å²) in [6.45, 7) is -1.24. The molecule has 2 aromatic rings. The van der Waals surface area contributed by atoms with Gasteiger partial charge in [0.25, 0.3) is 0 Å². The normalized spacial score (nSPS) is 21.3. The van der Waals surface area contributed by atoms with E-state index in [1.807, 2.05) is 0 Å². The largest absolute Gasteiger partial charge is 0.394 e. The number of hydrogen-bond acceptors (Lipinski definition) is 3. The number of carbonyl (C=O) groups excluding carboxylic acids is 1. The molecule has 0 saturated carbocycles. The van der Waals surface area contributed by atoms with Crippen LogP contribution in [0, 0.1) is 0 Å². The van der Waals surface area contributed by atoms with Crippen LogP contribution in [0.3, 0.4) is 0 Å². The van der Waals surface area contributed by atoms with Crippen LogP contribution in [0.2, 0.25) is 10.0 Å².